The van der Waals surface area contributed by atoms with E-state index in [4.69, 9.17) is 4.74 Å². The average molecular weight is 339 g/mol. The van der Waals surface area contributed by atoms with Crippen LogP contribution in [0, 0.1) is 0 Å². The van der Waals surface area contributed by atoms with E-state index < -0.39 is 0 Å². The van der Waals surface area contributed by atoms with E-state index in [2.05, 4.69) is 15.2 Å². The molecule has 2 N–H and O–H groups in total. The molecule has 0 fully saturated rings. The van der Waals surface area contributed by atoms with Crippen molar-refractivity contribution in [2.24, 2.45) is 0 Å². The van der Waals surface area contributed by atoms with Gasteiger partial charge in [-0.1, -0.05) is 11.3 Å². The van der Waals surface area contributed by atoms with Crippen LogP contribution < -0.4 is 4.74 Å². The second kappa shape index (κ2) is 5.31. The molecule has 0 atom stereocenters. The number of aromatic nitrogens is 3. The van der Waals surface area contributed by atoms with Crippen molar-refractivity contribution in [3.63, 3.8) is 0 Å². The molecule has 24 heavy (non-hydrogen) atoms. The molecular formula is C17H13N3O3S. The fraction of sp³-hybridized carbons (Fsp3) is 0.118. The lowest BCUT2D eigenvalue weighted by Crippen LogP contribution is -1.99. The number of ether oxygens (including phenoxy) is 1. The average Bonchev–Trinajstić information content (AvgIpc) is 3.17. The predicted octanol–water partition coefficient (Wildman–Crippen LogP) is 3.90. The van der Waals surface area contributed by atoms with Crippen LogP contribution in [0.5, 0.6) is 5.06 Å². The van der Waals surface area contributed by atoms with Crippen LogP contribution >= 0.6 is 11.3 Å². The Balaban J connectivity index is 1.81. The lowest BCUT2D eigenvalue weighted by molar-refractivity contribution is -0.131. The van der Waals surface area contributed by atoms with E-state index in [-0.39, 0.29) is 11.8 Å². The van der Waals surface area contributed by atoms with E-state index in [1.165, 1.54) is 18.3 Å². The van der Waals surface area contributed by atoms with Gasteiger partial charge < -0.3 is 9.72 Å². The van der Waals surface area contributed by atoms with Gasteiger partial charge >= 0.3 is 5.97 Å². The molecule has 120 valence electrons. The quantitative estimate of drug-likeness (QED) is 0.438. The molecule has 0 saturated carbocycles. The number of carbonyl (C=O) groups excluding carboxylic acids is 2. The van der Waals surface area contributed by atoms with Crippen molar-refractivity contribution in [1.82, 2.24) is 15.2 Å². The van der Waals surface area contributed by atoms with E-state index in [0.717, 1.165) is 32.5 Å². The number of nitrogens with one attached hydrogen (secondary N) is 2. The fourth-order valence-corrected chi connectivity index (χ4v) is 3.65. The van der Waals surface area contributed by atoms with E-state index in [1.54, 1.807) is 19.1 Å². The maximum absolute atomic E-state index is 11.5. The highest BCUT2D eigenvalue weighted by Gasteiger charge is 2.16. The molecule has 0 unspecified atom stereocenters. The van der Waals surface area contributed by atoms with Crippen LogP contribution in [0.3, 0.4) is 0 Å². The summed E-state index contributed by atoms with van der Waals surface area (Å²) >= 11 is 1.36. The van der Waals surface area contributed by atoms with Gasteiger partial charge in [0.25, 0.3) is 0 Å². The van der Waals surface area contributed by atoms with Crippen LogP contribution in [0.15, 0.2) is 30.3 Å². The number of hydrogen-bond donors (Lipinski definition) is 2. The number of rotatable bonds is 3. The maximum atomic E-state index is 11.5. The molecular weight excluding hydrogens is 326 g/mol. The van der Waals surface area contributed by atoms with Crippen LogP contribution in [0.2, 0.25) is 0 Å². The Kier molecular flexibility index (Phi) is 3.24. The third-order valence-electron chi connectivity index (χ3n) is 3.74. The highest BCUT2D eigenvalue weighted by molar-refractivity contribution is 7.21. The van der Waals surface area contributed by atoms with Crippen LogP contribution in [0.1, 0.15) is 24.2 Å². The van der Waals surface area contributed by atoms with Crippen LogP contribution in [0.25, 0.3) is 32.5 Å². The molecule has 4 aromatic rings. The van der Waals surface area contributed by atoms with E-state index in [0.29, 0.717) is 10.6 Å². The number of benzene rings is 1. The lowest BCUT2D eigenvalue weighted by atomic mass is 10.1. The van der Waals surface area contributed by atoms with Gasteiger partial charge in [-0.15, -0.1) is 0 Å². The number of thiophene rings is 1. The van der Waals surface area contributed by atoms with Gasteiger partial charge in [-0.3, -0.25) is 14.7 Å². The third kappa shape index (κ3) is 2.39. The molecule has 0 bridgehead atoms. The molecule has 0 aliphatic rings. The number of fused-ring (bicyclic) bond motifs is 2. The number of hydrogen-bond acceptors (Lipinski definition) is 5. The number of carbonyl (C=O) groups is 2. The zero-order valence-electron chi connectivity index (χ0n) is 13.0. The normalized spacial score (nSPS) is 11.2. The van der Waals surface area contributed by atoms with E-state index in [1.807, 2.05) is 18.2 Å². The summed E-state index contributed by atoms with van der Waals surface area (Å²) in [6, 6.07) is 9.27. The molecule has 4 rings (SSSR count). The predicted molar refractivity (Wildman–Crippen MR) is 92.6 cm³/mol. The Hall–Kier alpha value is -2.93. The highest BCUT2D eigenvalue weighted by Crippen LogP contribution is 2.37. The summed E-state index contributed by atoms with van der Waals surface area (Å²) in [5.74, 6) is -0.318. The molecule has 6 nitrogen and oxygen atoms in total. The van der Waals surface area contributed by atoms with Gasteiger partial charge in [-0.05, 0) is 31.2 Å². The summed E-state index contributed by atoms with van der Waals surface area (Å²) in [5, 5.41) is 8.77. The second-order valence-corrected chi connectivity index (χ2v) is 6.53. The molecule has 0 saturated heterocycles. The molecule has 0 aliphatic heterocycles. The van der Waals surface area contributed by atoms with Crippen molar-refractivity contribution in [2.75, 3.05) is 0 Å². The van der Waals surface area contributed by atoms with Gasteiger partial charge in [0.2, 0.25) is 0 Å². The summed E-state index contributed by atoms with van der Waals surface area (Å²) in [5.41, 5.74) is 4.02. The van der Waals surface area contributed by atoms with Crippen molar-refractivity contribution in [2.45, 2.75) is 13.8 Å². The lowest BCUT2D eigenvalue weighted by Gasteiger charge is -1.94. The first-order valence-corrected chi connectivity index (χ1v) is 8.13. The van der Waals surface area contributed by atoms with Gasteiger partial charge in [0.15, 0.2) is 10.8 Å². The first kappa shape index (κ1) is 14.6. The molecule has 0 radical (unpaired) electrons. The molecule has 0 amide bonds. The largest absolute Gasteiger partial charge is 0.415 e. The van der Waals surface area contributed by atoms with Crippen molar-refractivity contribution in [3.05, 3.63) is 35.9 Å². The maximum Gasteiger partial charge on any atom is 0.308 e. The fourth-order valence-electron chi connectivity index (χ4n) is 2.65. The molecule has 7 heteroatoms. The van der Waals surface area contributed by atoms with E-state index >= 15 is 0 Å². The van der Waals surface area contributed by atoms with E-state index in [9.17, 15) is 9.59 Å². The Morgan fingerprint density at radius 3 is 2.71 bits per heavy atom. The van der Waals surface area contributed by atoms with Crippen LogP contribution in [-0.4, -0.2) is 26.9 Å². The zero-order valence-corrected chi connectivity index (χ0v) is 13.8. The van der Waals surface area contributed by atoms with Gasteiger partial charge in [-0.25, -0.2) is 0 Å². The number of H-pyrrole nitrogens is 2. The first-order chi connectivity index (χ1) is 11.5. The number of Topliss-reactive ketones (excluding diaryl/α,β-unsaturated/α-hetero) is 1. The molecule has 1 aromatic carbocycles. The Morgan fingerprint density at radius 1 is 1.12 bits per heavy atom. The van der Waals surface area contributed by atoms with Crippen LogP contribution in [-0.2, 0) is 4.79 Å². The number of nitrogens with zero attached hydrogens (tertiary/aromatic N) is 1. The van der Waals surface area contributed by atoms with Crippen LogP contribution in [0.4, 0.5) is 0 Å². The summed E-state index contributed by atoms with van der Waals surface area (Å²) < 4.78 is 6.04. The molecule has 0 aliphatic carbocycles. The minimum atomic E-state index is -0.351. The number of ketones is 1. The van der Waals surface area contributed by atoms with Crippen molar-refractivity contribution in [1.29, 1.82) is 0 Å². The summed E-state index contributed by atoms with van der Waals surface area (Å²) in [6.07, 6.45) is 0. The number of esters is 1. The SMILES string of the molecule is CC(=O)Oc1cc2[nH]nc(-c3cc4cc(C(C)=O)ccc4[nH]3)c2s1. The summed E-state index contributed by atoms with van der Waals surface area (Å²) in [6.45, 7) is 2.92. The molecule has 0 spiro atoms. The van der Waals surface area contributed by atoms with Crippen molar-refractivity contribution >= 4 is 44.2 Å². The molecule has 3 aromatic heterocycles. The smallest absolute Gasteiger partial charge is 0.308 e. The molecule has 3 heterocycles. The standard InChI is InChI=1S/C17H13N3O3S/c1-8(21)10-3-4-12-11(5-10)6-13(18-12)16-17-14(19-20-16)7-15(24-17)23-9(2)22/h3-7,18H,1-2H3,(H,19,20). The van der Waals surface area contributed by atoms with Gasteiger partial charge in [0, 0.05) is 29.5 Å². The minimum absolute atomic E-state index is 0.0334. The minimum Gasteiger partial charge on any atom is -0.415 e. The topological polar surface area (TPSA) is 87.8 Å². The Bertz CT molecular complexity index is 1100. The number of aromatic amines is 2. The monoisotopic (exact) mass is 339 g/mol. The van der Waals surface area contributed by atoms with Gasteiger partial charge in [-0.2, -0.15) is 5.10 Å². The van der Waals surface area contributed by atoms with Crippen molar-refractivity contribution in [3.8, 4) is 16.5 Å². The zero-order chi connectivity index (χ0) is 16.8. The van der Waals surface area contributed by atoms with Gasteiger partial charge in [0.05, 0.1) is 15.9 Å². The summed E-state index contributed by atoms with van der Waals surface area (Å²) in [7, 11) is 0. The van der Waals surface area contributed by atoms with Crippen molar-refractivity contribution < 1.29 is 14.3 Å². The Labute approximate surface area is 140 Å². The highest BCUT2D eigenvalue weighted by atomic mass is 32.1. The second-order valence-electron chi connectivity index (χ2n) is 5.52. The first-order valence-electron chi connectivity index (χ1n) is 7.31. The Morgan fingerprint density at radius 2 is 1.96 bits per heavy atom. The third-order valence-corrected chi connectivity index (χ3v) is 4.76. The van der Waals surface area contributed by atoms with Gasteiger partial charge in [0.1, 0.15) is 5.69 Å². The summed E-state index contributed by atoms with van der Waals surface area (Å²) in [4.78, 5) is 25.9.